The van der Waals surface area contributed by atoms with Crippen LogP contribution in [0, 0.1) is 5.82 Å². The van der Waals surface area contributed by atoms with Gasteiger partial charge in [-0.15, -0.1) is 0 Å². The summed E-state index contributed by atoms with van der Waals surface area (Å²) in [6, 6.07) is 7.34. The van der Waals surface area contributed by atoms with E-state index in [4.69, 9.17) is 16.7 Å². The Morgan fingerprint density at radius 1 is 1.37 bits per heavy atom. The number of carboxylic acids is 1. The molecule has 2 N–H and O–H groups in total. The maximum Gasteiger partial charge on any atom is 0.337 e. The lowest BCUT2D eigenvalue weighted by Gasteiger charge is -2.07. The number of halogens is 2. The number of carboxylic acid groups (broad SMARTS) is 1. The molecule has 0 aliphatic carbocycles. The Kier molecular flexibility index (Phi) is 3.97. The van der Waals surface area contributed by atoms with Gasteiger partial charge in [-0.3, -0.25) is 4.98 Å². The lowest BCUT2D eigenvalue weighted by Crippen LogP contribution is -2.04. The van der Waals surface area contributed by atoms with E-state index in [1.165, 1.54) is 24.4 Å². The van der Waals surface area contributed by atoms with Gasteiger partial charge in [-0.2, -0.15) is 0 Å². The number of rotatable bonds is 4. The summed E-state index contributed by atoms with van der Waals surface area (Å²) in [5, 5.41) is 11.9. The van der Waals surface area contributed by atoms with Crippen LogP contribution in [0.1, 0.15) is 16.1 Å². The normalized spacial score (nSPS) is 10.2. The molecule has 0 unspecified atom stereocenters. The SMILES string of the molecule is O=C(O)c1ccc(CNc2ccc(Cl)cc2F)nc1. The maximum atomic E-state index is 13.5. The summed E-state index contributed by atoms with van der Waals surface area (Å²) in [6.07, 6.45) is 1.26. The van der Waals surface area contributed by atoms with E-state index in [0.717, 1.165) is 0 Å². The summed E-state index contributed by atoms with van der Waals surface area (Å²) >= 11 is 5.65. The van der Waals surface area contributed by atoms with Crippen LogP contribution in [0.25, 0.3) is 0 Å². The predicted octanol–water partition coefficient (Wildman–Crippen LogP) is 3.18. The average molecular weight is 281 g/mol. The molecule has 0 amide bonds. The Bertz CT molecular complexity index is 602. The van der Waals surface area contributed by atoms with E-state index >= 15 is 0 Å². The van der Waals surface area contributed by atoms with Crippen molar-refractivity contribution in [2.24, 2.45) is 0 Å². The molecule has 0 aliphatic heterocycles. The van der Waals surface area contributed by atoms with Crippen LogP contribution in [0.3, 0.4) is 0 Å². The zero-order valence-electron chi connectivity index (χ0n) is 9.73. The first kappa shape index (κ1) is 13.3. The highest BCUT2D eigenvalue weighted by molar-refractivity contribution is 6.30. The van der Waals surface area contributed by atoms with Gasteiger partial charge in [0.1, 0.15) is 5.82 Å². The number of aromatic nitrogens is 1. The van der Waals surface area contributed by atoms with Crippen LogP contribution in [0.5, 0.6) is 0 Å². The fraction of sp³-hybridized carbons (Fsp3) is 0.0769. The summed E-state index contributed by atoms with van der Waals surface area (Å²) in [6.45, 7) is 0.290. The maximum absolute atomic E-state index is 13.5. The lowest BCUT2D eigenvalue weighted by atomic mass is 10.2. The third kappa shape index (κ3) is 3.42. The molecule has 0 saturated heterocycles. The van der Waals surface area contributed by atoms with Crippen molar-refractivity contribution in [1.82, 2.24) is 4.98 Å². The summed E-state index contributed by atoms with van der Waals surface area (Å²) < 4.78 is 13.5. The Hall–Kier alpha value is -2.14. The molecule has 0 saturated carbocycles. The summed E-state index contributed by atoms with van der Waals surface area (Å²) in [5.41, 5.74) is 1.04. The molecule has 1 aromatic carbocycles. The second-order valence-electron chi connectivity index (χ2n) is 3.82. The summed E-state index contributed by atoms with van der Waals surface area (Å²) in [5.74, 6) is -1.48. The van der Waals surface area contributed by atoms with Gasteiger partial charge in [0.15, 0.2) is 0 Å². The molecule has 2 aromatic rings. The first-order valence-corrected chi connectivity index (χ1v) is 5.81. The second-order valence-corrected chi connectivity index (χ2v) is 4.26. The van der Waals surface area contributed by atoms with Gasteiger partial charge in [-0.25, -0.2) is 9.18 Å². The highest BCUT2D eigenvalue weighted by Crippen LogP contribution is 2.19. The summed E-state index contributed by atoms with van der Waals surface area (Å²) in [7, 11) is 0. The molecule has 2 rings (SSSR count). The number of aromatic carboxylic acids is 1. The van der Waals surface area contributed by atoms with Gasteiger partial charge in [0.05, 0.1) is 23.5 Å². The van der Waals surface area contributed by atoms with Gasteiger partial charge in [0.25, 0.3) is 0 Å². The van der Waals surface area contributed by atoms with Crippen molar-refractivity contribution in [1.29, 1.82) is 0 Å². The number of anilines is 1. The van der Waals surface area contributed by atoms with Crippen LogP contribution in [0.4, 0.5) is 10.1 Å². The number of pyridine rings is 1. The van der Waals surface area contributed by atoms with E-state index in [1.807, 2.05) is 0 Å². The Morgan fingerprint density at radius 3 is 2.74 bits per heavy atom. The number of hydrogen-bond donors (Lipinski definition) is 2. The van der Waals surface area contributed by atoms with Gasteiger partial charge in [-0.1, -0.05) is 11.6 Å². The number of carbonyl (C=O) groups is 1. The summed E-state index contributed by atoms with van der Waals surface area (Å²) in [4.78, 5) is 14.6. The molecule has 0 bridgehead atoms. The molecule has 19 heavy (non-hydrogen) atoms. The fourth-order valence-corrected chi connectivity index (χ4v) is 1.63. The van der Waals surface area contributed by atoms with E-state index in [-0.39, 0.29) is 5.56 Å². The molecule has 4 nitrogen and oxygen atoms in total. The van der Waals surface area contributed by atoms with Crippen molar-refractivity contribution in [3.05, 3.63) is 58.6 Å². The van der Waals surface area contributed by atoms with Gasteiger partial charge in [0.2, 0.25) is 0 Å². The van der Waals surface area contributed by atoms with Crippen LogP contribution < -0.4 is 5.32 Å². The van der Waals surface area contributed by atoms with Gasteiger partial charge < -0.3 is 10.4 Å². The first-order chi connectivity index (χ1) is 9.06. The van der Waals surface area contributed by atoms with E-state index in [0.29, 0.717) is 22.9 Å². The molecular weight excluding hydrogens is 271 g/mol. The Morgan fingerprint density at radius 2 is 2.16 bits per heavy atom. The van der Waals surface area contributed by atoms with E-state index in [1.54, 1.807) is 12.1 Å². The molecule has 6 heteroatoms. The van der Waals surface area contributed by atoms with Crippen LogP contribution >= 0.6 is 11.6 Å². The smallest absolute Gasteiger partial charge is 0.337 e. The molecule has 1 aromatic heterocycles. The van der Waals surface area contributed by atoms with Crippen LogP contribution in [-0.2, 0) is 6.54 Å². The van der Waals surface area contributed by atoms with Gasteiger partial charge >= 0.3 is 5.97 Å². The van der Waals surface area contributed by atoms with Crippen molar-refractivity contribution in [2.45, 2.75) is 6.54 Å². The average Bonchev–Trinajstić information content (AvgIpc) is 2.38. The standard InChI is InChI=1S/C13H10ClFN2O2/c14-9-2-4-12(11(15)5-9)17-7-10-3-1-8(6-16-10)13(18)19/h1-6,17H,7H2,(H,18,19). The van der Waals surface area contributed by atoms with Crippen molar-refractivity contribution < 1.29 is 14.3 Å². The topological polar surface area (TPSA) is 62.2 Å². The number of benzene rings is 1. The van der Waals surface area contributed by atoms with Crippen molar-refractivity contribution in [2.75, 3.05) is 5.32 Å². The highest BCUT2D eigenvalue weighted by Gasteiger charge is 2.05. The number of nitrogens with zero attached hydrogens (tertiary/aromatic N) is 1. The Balaban J connectivity index is 2.04. The van der Waals surface area contributed by atoms with E-state index in [2.05, 4.69) is 10.3 Å². The molecule has 0 atom stereocenters. The van der Waals surface area contributed by atoms with E-state index in [9.17, 15) is 9.18 Å². The zero-order chi connectivity index (χ0) is 13.8. The monoisotopic (exact) mass is 280 g/mol. The minimum atomic E-state index is -1.03. The molecule has 0 radical (unpaired) electrons. The van der Waals surface area contributed by atoms with E-state index < -0.39 is 11.8 Å². The van der Waals surface area contributed by atoms with Crippen LogP contribution in [0.2, 0.25) is 5.02 Å². The first-order valence-electron chi connectivity index (χ1n) is 5.43. The van der Waals surface area contributed by atoms with Crippen molar-refractivity contribution in [3.63, 3.8) is 0 Å². The molecule has 0 aliphatic rings. The van der Waals surface area contributed by atoms with Crippen molar-refractivity contribution in [3.8, 4) is 0 Å². The minimum absolute atomic E-state index is 0.112. The zero-order valence-corrected chi connectivity index (χ0v) is 10.5. The molecule has 98 valence electrons. The quantitative estimate of drug-likeness (QED) is 0.903. The molecule has 0 spiro atoms. The van der Waals surface area contributed by atoms with Gasteiger partial charge in [-0.05, 0) is 30.3 Å². The fourth-order valence-electron chi connectivity index (χ4n) is 1.47. The van der Waals surface area contributed by atoms with Crippen molar-refractivity contribution >= 4 is 23.3 Å². The molecular formula is C13H10ClFN2O2. The third-order valence-electron chi connectivity index (χ3n) is 2.46. The number of nitrogens with one attached hydrogen (secondary N) is 1. The van der Waals surface area contributed by atoms with Gasteiger partial charge in [0, 0.05) is 11.2 Å². The number of hydrogen-bond acceptors (Lipinski definition) is 3. The highest BCUT2D eigenvalue weighted by atomic mass is 35.5. The second kappa shape index (κ2) is 5.67. The molecule has 1 heterocycles. The Labute approximate surface area is 113 Å². The third-order valence-corrected chi connectivity index (χ3v) is 2.70. The van der Waals surface area contributed by atoms with Crippen LogP contribution in [0.15, 0.2) is 36.5 Å². The predicted molar refractivity (Wildman–Crippen MR) is 69.9 cm³/mol. The lowest BCUT2D eigenvalue weighted by molar-refractivity contribution is 0.0696. The molecule has 0 fully saturated rings. The largest absolute Gasteiger partial charge is 0.478 e. The van der Waals surface area contributed by atoms with Crippen LogP contribution in [-0.4, -0.2) is 16.1 Å². The minimum Gasteiger partial charge on any atom is -0.478 e.